The third-order valence-electron chi connectivity index (χ3n) is 4.12. The monoisotopic (exact) mass is 348 g/mol. The van der Waals surface area contributed by atoms with Crippen molar-refractivity contribution in [2.45, 2.75) is 6.92 Å². The maximum Gasteiger partial charge on any atom is 0.275 e. The van der Waals surface area contributed by atoms with Crippen LogP contribution in [0.25, 0.3) is 0 Å². The highest BCUT2D eigenvalue weighted by molar-refractivity contribution is 8.00. The molecule has 0 aliphatic carbocycles. The zero-order chi connectivity index (χ0) is 17.4. The third-order valence-corrected chi connectivity index (χ3v) is 5.19. The fourth-order valence-electron chi connectivity index (χ4n) is 2.83. The van der Waals surface area contributed by atoms with Crippen molar-refractivity contribution in [1.29, 1.82) is 0 Å². The molecule has 124 valence electrons. The van der Waals surface area contributed by atoms with Crippen molar-refractivity contribution in [3.63, 3.8) is 0 Å². The minimum absolute atomic E-state index is 0.0162. The molecule has 0 fully saturated rings. The Morgan fingerprint density at radius 3 is 2.40 bits per heavy atom. The van der Waals surface area contributed by atoms with Crippen LogP contribution in [-0.4, -0.2) is 33.6 Å². The van der Waals surface area contributed by atoms with Crippen molar-refractivity contribution in [3.8, 4) is 5.75 Å². The molecule has 2 aliphatic heterocycles. The second-order valence-electron chi connectivity index (χ2n) is 5.73. The number of hydrogen-bond acceptors (Lipinski definition) is 3. The minimum Gasteiger partial charge on any atom is -0.497 e. The molecular weight excluding hydrogens is 332 g/mol. The molecule has 2 aromatic rings. The quantitative estimate of drug-likeness (QED) is 0.799. The van der Waals surface area contributed by atoms with Gasteiger partial charge in [0.2, 0.25) is 0 Å². The van der Waals surface area contributed by atoms with E-state index in [4.69, 9.17) is 9.73 Å². The van der Waals surface area contributed by atoms with Gasteiger partial charge in [0.1, 0.15) is 10.6 Å². The van der Waals surface area contributed by atoms with Crippen molar-refractivity contribution in [1.82, 2.24) is 4.90 Å². The fraction of sp³-hybridized carbons (Fsp3) is 0.100. The molecule has 0 spiro atoms. The molecule has 0 aromatic heterocycles. The van der Waals surface area contributed by atoms with Crippen LogP contribution in [0, 0.1) is 0 Å². The molecule has 4 nitrogen and oxygen atoms in total. The van der Waals surface area contributed by atoms with E-state index < -0.39 is 0 Å². The van der Waals surface area contributed by atoms with Gasteiger partial charge in [0.05, 0.1) is 12.8 Å². The summed E-state index contributed by atoms with van der Waals surface area (Å²) < 4.78 is 5.20. The number of aliphatic imine (C=N–C) groups is 1. The van der Waals surface area contributed by atoms with E-state index in [9.17, 15) is 4.79 Å². The topological polar surface area (TPSA) is 41.9 Å². The normalized spacial score (nSPS) is 16.2. The molecule has 0 saturated carbocycles. The molecule has 2 aliphatic rings. The van der Waals surface area contributed by atoms with Gasteiger partial charge in [0, 0.05) is 11.3 Å². The van der Waals surface area contributed by atoms with E-state index in [0.29, 0.717) is 9.98 Å². The number of ether oxygens (including phenoxy) is 1. The van der Waals surface area contributed by atoms with Crippen LogP contribution in [0.2, 0.25) is 0 Å². The first-order valence-electron chi connectivity index (χ1n) is 7.90. The van der Waals surface area contributed by atoms with Crippen LogP contribution in [0.1, 0.15) is 18.1 Å². The average molecular weight is 348 g/mol. The third kappa shape index (κ3) is 2.72. The van der Waals surface area contributed by atoms with Crippen LogP contribution in [-0.2, 0) is 4.79 Å². The lowest BCUT2D eigenvalue weighted by Gasteiger charge is -2.23. The minimum atomic E-state index is -0.0162. The summed E-state index contributed by atoms with van der Waals surface area (Å²) in [6.45, 7) is 1.94. The fourth-order valence-corrected chi connectivity index (χ4v) is 3.91. The zero-order valence-corrected chi connectivity index (χ0v) is 14.7. The first-order chi connectivity index (χ1) is 12.2. The summed E-state index contributed by atoms with van der Waals surface area (Å²) in [6, 6.07) is 17.5. The highest BCUT2D eigenvalue weighted by Gasteiger charge is 2.32. The van der Waals surface area contributed by atoms with Gasteiger partial charge in [-0.1, -0.05) is 41.3 Å². The number of carbonyl (C=O) groups excluding carboxylic acids is 1. The number of hydrogen-bond donors (Lipinski definition) is 0. The molecule has 0 saturated heterocycles. The second-order valence-corrected chi connectivity index (χ2v) is 6.71. The Kier molecular flexibility index (Phi) is 3.86. The maximum atomic E-state index is 12.8. The lowest BCUT2D eigenvalue weighted by molar-refractivity contribution is -0.118. The predicted octanol–water partition coefficient (Wildman–Crippen LogP) is 3.29. The van der Waals surface area contributed by atoms with Crippen LogP contribution >= 0.6 is 10.9 Å². The van der Waals surface area contributed by atoms with Crippen molar-refractivity contribution < 1.29 is 9.53 Å². The number of methoxy groups -OCH3 is 1. The summed E-state index contributed by atoms with van der Waals surface area (Å²) in [5, 5.41) is 0.703. The molecule has 0 N–H and O–H groups in total. The van der Waals surface area contributed by atoms with Crippen LogP contribution < -0.4 is 4.74 Å². The SMILES string of the molecule is COc1ccc(C2=NC3=S=C(c4ccccc4)C(=O)N3C(C)=C2)cc1. The second kappa shape index (κ2) is 6.18. The van der Waals surface area contributed by atoms with Gasteiger partial charge in [-0.15, -0.1) is 0 Å². The number of fused-ring (bicyclic) bond motifs is 1. The molecule has 2 aromatic carbocycles. The van der Waals surface area contributed by atoms with Crippen molar-refractivity contribution >= 4 is 32.5 Å². The van der Waals surface area contributed by atoms with Gasteiger partial charge in [-0.05, 0) is 42.8 Å². The Labute approximate surface area is 149 Å². The van der Waals surface area contributed by atoms with Crippen molar-refractivity contribution in [2.75, 3.05) is 7.11 Å². The number of carbonyl (C=O) groups is 1. The summed E-state index contributed by atoms with van der Waals surface area (Å²) in [7, 11) is 3.07. The summed E-state index contributed by atoms with van der Waals surface area (Å²) in [6.07, 6.45) is 1.94. The lowest BCUT2D eigenvalue weighted by Crippen LogP contribution is -2.36. The van der Waals surface area contributed by atoms with Crippen molar-refractivity contribution in [3.05, 3.63) is 77.5 Å². The highest BCUT2D eigenvalue weighted by Crippen LogP contribution is 2.24. The maximum absolute atomic E-state index is 12.8. The number of rotatable bonds is 3. The average Bonchev–Trinajstić information content (AvgIpc) is 2.99. The molecule has 1 amide bonds. The molecule has 2 heterocycles. The van der Waals surface area contributed by atoms with Crippen LogP contribution in [0.3, 0.4) is 0 Å². The van der Waals surface area contributed by atoms with Gasteiger partial charge < -0.3 is 4.74 Å². The Balaban J connectivity index is 1.78. The lowest BCUT2D eigenvalue weighted by atomic mass is 10.1. The van der Waals surface area contributed by atoms with E-state index in [2.05, 4.69) is 0 Å². The summed E-state index contributed by atoms with van der Waals surface area (Å²) >= 11 is 0. The first-order valence-corrected chi connectivity index (χ1v) is 8.72. The summed E-state index contributed by atoms with van der Waals surface area (Å²) in [5.74, 6) is 0.790. The van der Waals surface area contributed by atoms with Crippen LogP contribution in [0.4, 0.5) is 0 Å². The van der Waals surface area contributed by atoms with Gasteiger partial charge in [0.25, 0.3) is 5.91 Å². The van der Waals surface area contributed by atoms with Crippen molar-refractivity contribution in [2.24, 2.45) is 4.99 Å². The van der Waals surface area contributed by atoms with E-state index in [0.717, 1.165) is 28.3 Å². The Hall–Kier alpha value is -2.92. The standard InChI is InChI=1S/C20H16N2O2S/c1-13-12-17(14-8-10-16(24-2)11-9-14)21-20-22(13)19(23)18(25-20)15-6-4-3-5-7-15/h3-12H,1-2H3. The molecule has 0 bridgehead atoms. The Morgan fingerprint density at radius 2 is 1.72 bits per heavy atom. The molecular formula is C20H16N2O2S. The molecule has 0 radical (unpaired) electrons. The van der Waals surface area contributed by atoms with Crippen LogP contribution in [0.5, 0.6) is 5.75 Å². The predicted molar refractivity (Wildman–Crippen MR) is 103 cm³/mol. The van der Waals surface area contributed by atoms with E-state index in [1.165, 1.54) is 10.9 Å². The van der Waals surface area contributed by atoms with Crippen LogP contribution in [0.15, 0.2) is 71.4 Å². The van der Waals surface area contributed by atoms with E-state index >= 15 is 0 Å². The largest absolute Gasteiger partial charge is 0.497 e. The van der Waals surface area contributed by atoms with E-state index in [-0.39, 0.29) is 5.91 Å². The van der Waals surface area contributed by atoms with Gasteiger partial charge in [-0.2, -0.15) is 0 Å². The first kappa shape index (κ1) is 15.6. The summed E-state index contributed by atoms with van der Waals surface area (Å²) in [5.41, 5.74) is 3.64. The molecule has 4 rings (SSSR count). The van der Waals surface area contributed by atoms with E-state index in [1.54, 1.807) is 12.0 Å². The van der Waals surface area contributed by atoms with Gasteiger partial charge in [-0.3, -0.25) is 9.69 Å². The highest BCUT2D eigenvalue weighted by atomic mass is 32.1. The van der Waals surface area contributed by atoms with E-state index in [1.807, 2.05) is 67.6 Å². The summed E-state index contributed by atoms with van der Waals surface area (Å²) in [4.78, 5) is 19.9. The van der Waals surface area contributed by atoms with Gasteiger partial charge >= 0.3 is 0 Å². The zero-order valence-electron chi connectivity index (χ0n) is 13.9. The number of allylic oxidation sites excluding steroid dienone is 2. The number of amides is 1. The molecule has 0 unspecified atom stereocenters. The van der Waals surface area contributed by atoms with Gasteiger partial charge in [0.15, 0.2) is 5.11 Å². The smallest absolute Gasteiger partial charge is 0.275 e. The Bertz CT molecular complexity index is 982. The molecule has 5 heteroatoms. The van der Waals surface area contributed by atoms with Gasteiger partial charge in [-0.25, -0.2) is 4.99 Å². The Morgan fingerprint density at radius 1 is 1.00 bits per heavy atom. The number of benzene rings is 2. The molecule has 0 atom stereocenters. The number of nitrogens with zero attached hydrogens (tertiary/aromatic N) is 2. The molecule has 25 heavy (non-hydrogen) atoms.